The number of hydrogen-bond acceptors (Lipinski definition) is 3. The SMILES string of the molecule is CCCNC1CC(Oc2ccc(CC)cc2OC)C1(C)C. The van der Waals surface area contributed by atoms with Gasteiger partial charge in [-0.05, 0) is 37.1 Å². The van der Waals surface area contributed by atoms with Crippen molar-refractivity contribution in [2.75, 3.05) is 13.7 Å². The Kier molecular flexibility index (Phi) is 5.15. The summed E-state index contributed by atoms with van der Waals surface area (Å²) in [6.45, 7) is 9.99. The van der Waals surface area contributed by atoms with Gasteiger partial charge < -0.3 is 14.8 Å². The maximum absolute atomic E-state index is 6.23. The lowest BCUT2D eigenvalue weighted by Gasteiger charge is -2.51. The smallest absolute Gasteiger partial charge is 0.161 e. The van der Waals surface area contributed by atoms with Gasteiger partial charge in [-0.25, -0.2) is 0 Å². The van der Waals surface area contributed by atoms with E-state index in [1.807, 2.05) is 6.07 Å². The van der Waals surface area contributed by atoms with Gasteiger partial charge in [-0.15, -0.1) is 0 Å². The molecule has 1 saturated carbocycles. The zero-order valence-electron chi connectivity index (χ0n) is 14.0. The summed E-state index contributed by atoms with van der Waals surface area (Å²) in [4.78, 5) is 0. The minimum atomic E-state index is 0.156. The molecule has 0 amide bonds. The Bertz CT molecular complexity index is 470. The van der Waals surface area contributed by atoms with Crippen LogP contribution < -0.4 is 14.8 Å². The number of rotatable bonds is 7. The predicted molar refractivity (Wildman–Crippen MR) is 87.3 cm³/mol. The van der Waals surface area contributed by atoms with Crippen LogP contribution in [0.1, 0.15) is 46.1 Å². The molecule has 3 nitrogen and oxygen atoms in total. The fraction of sp³-hybridized carbons (Fsp3) is 0.667. The Hall–Kier alpha value is -1.22. The minimum Gasteiger partial charge on any atom is -0.493 e. The number of methoxy groups -OCH3 is 1. The van der Waals surface area contributed by atoms with Gasteiger partial charge in [-0.3, -0.25) is 0 Å². The predicted octanol–water partition coefficient (Wildman–Crippen LogP) is 3.80. The van der Waals surface area contributed by atoms with Crippen molar-refractivity contribution in [3.63, 3.8) is 0 Å². The van der Waals surface area contributed by atoms with Crippen LogP contribution >= 0.6 is 0 Å². The average Bonchev–Trinajstić information content (AvgIpc) is 2.50. The Morgan fingerprint density at radius 1 is 1.24 bits per heavy atom. The van der Waals surface area contributed by atoms with E-state index in [2.05, 4.69) is 45.1 Å². The highest BCUT2D eigenvalue weighted by Gasteiger charge is 2.49. The van der Waals surface area contributed by atoms with Crippen LogP contribution in [0.5, 0.6) is 11.5 Å². The lowest BCUT2D eigenvalue weighted by Crippen LogP contribution is -2.62. The molecule has 1 aromatic carbocycles. The van der Waals surface area contributed by atoms with Gasteiger partial charge in [0.15, 0.2) is 11.5 Å². The van der Waals surface area contributed by atoms with Gasteiger partial charge in [0.2, 0.25) is 0 Å². The van der Waals surface area contributed by atoms with E-state index in [0.29, 0.717) is 6.04 Å². The van der Waals surface area contributed by atoms with Crippen molar-refractivity contribution < 1.29 is 9.47 Å². The van der Waals surface area contributed by atoms with Gasteiger partial charge in [0.05, 0.1) is 7.11 Å². The van der Waals surface area contributed by atoms with Crippen molar-refractivity contribution in [1.82, 2.24) is 5.32 Å². The van der Waals surface area contributed by atoms with Crippen molar-refractivity contribution in [3.05, 3.63) is 23.8 Å². The van der Waals surface area contributed by atoms with Crippen molar-refractivity contribution >= 4 is 0 Å². The van der Waals surface area contributed by atoms with E-state index in [1.165, 1.54) is 12.0 Å². The molecule has 1 N–H and O–H groups in total. The van der Waals surface area contributed by atoms with Crippen molar-refractivity contribution in [2.24, 2.45) is 5.41 Å². The molecule has 2 unspecified atom stereocenters. The quantitative estimate of drug-likeness (QED) is 0.829. The molecule has 0 radical (unpaired) electrons. The highest BCUT2D eigenvalue weighted by Crippen LogP contribution is 2.44. The molecule has 1 fully saturated rings. The number of ether oxygens (including phenoxy) is 2. The molecule has 0 saturated heterocycles. The summed E-state index contributed by atoms with van der Waals surface area (Å²) in [5, 5.41) is 3.61. The summed E-state index contributed by atoms with van der Waals surface area (Å²) >= 11 is 0. The molecule has 0 spiro atoms. The van der Waals surface area contributed by atoms with Gasteiger partial charge in [0.25, 0.3) is 0 Å². The molecular weight excluding hydrogens is 262 g/mol. The Balaban J connectivity index is 2.03. The topological polar surface area (TPSA) is 30.5 Å². The summed E-state index contributed by atoms with van der Waals surface area (Å²) in [5.74, 6) is 1.71. The summed E-state index contributed by atoms with van der Waals surface area (Å²) in [7, 11) is 1.71. The van der Waals surface area contributed by atoms with E-state index in [9.17, 15) is 0 Å². The summed E-state index contributed by atoms with van der Waals surface area (Å²) in [5.41, 5.74) is 1.43. The average molecular weight is 291 g/mol. The first-order chi connectivity index (χ1) is 10.0. The van der Waals surface area contributed by atoms with Crippen LogP contribution in [0.15, 0.2) is 18.2 Å². The van der Waals surface area contributed by atoms with Crippen molar-refractivity contribution in [1.29, 1.82) is 0 Å². The molecule has 0 bridgehead atoms. The third kappa shape index (κ3) is 3.34. The maximum atomic E-state index is 6.23. The van der Waals surface area contributed by atoms with Gasteiger partial charge >= 0.3 is 0 Å². The van der Waals surface area contributed by atoms with Gasteiger partial charge in [0, 0.05) is 17.9 Å². The lowest BCUT2D eigenvalue weighted by molar-refractivity contribution is -0.0555. The number of nitrogens with one attached hydrogen (secondary N) is 1. The molecule has 0 heterocycles. The number of benzene rings is 1. The van der Waals surface area contributed by atoms with Crippen molar-refractivity contribution in [2.45, 2.75) is 59.1 Å². The first-order valence-electron chi connectivity index (χ1n) is 8.09. The third-order valence-electron chi connectivity index (χ3n) is 4.72. The first kappa shape index (κ1) is 16.2. The maximum Gasteiger partial charge on any atom is 0.161 e. The van der Waals surface area contributed by atoms with Crippen LogP contribution in [0.4, 0.5) is 0 Å². The standard InChI is InChI=1S/C18H29NO2/c1-6-10-19-16-12-17(18(16,3)4)21-14-9-8-13(7-2)11-15(14)20-5/h8-9,11,16-17,19H,6-7,10,12H2,1-5H3. The van der Waals surface area contributed by atoms with Crippen LogP contribution in [-0.4, -0.2) is 25.8 Å². The van der Waals surface area contributed by atoms with Crippen LogP contribution in [0.25, 0.3) is 0 Å². The molecule has 1 aliphatic carbocycles. The number of aryl methyl sites for hydroxylation is 1. The highest BCUT2D eigenvalue weighted by atomic mass is 16.5. The largest absolute Gasteiger partial charge is 0.493 e. The van der Waals surface area contributed by atoms with E-state index in [4.69, 9.17) is 9.47 Å². The fourth-order valence-electron chi connectivity index (χ4n) is 2.93. The monoisotopic (exact) mass is 291 g/mol. The Morgan fingerprint density at radius 2 is 2.00 bits per heavy atom. The second-order valence-electron chi connectivity index (χ2n) is 6.51. The van der Waals surface area contributed by atoms with E-state index in [1.54, 1.807) is 7.11 Å². The second-order valence-corrected chi connectivity index (χ2v) is 6.51. The molecule has 0 aromatic heterocycles. The van der Waals surface area contributed by atoms with Gasteiger partial charge in [0.1, 0.15) is 6.10 Å². The molecule has 3 heteroatoms. The van der Waals surface area contributed by atoms with Crippen LogP contribution in [0.2, 0.25) is 0 Å². The molecule has 2 rings (SSSR count). The van der Waals surface area contributed by atoms with E-state index in [0.717, 1.165) is 30.9 Å². The zero-order valence-corrected chi connectivity index (χ0v) is 14.0. The van der Waals surface area contributed by atoms with E-state index in [-0.39, 0.29) is 11.5 Å². The van der Waals surface area contributed by atoms with Crippen LogP contribution in [0.3, 0.4) is 0 Å². The first-order valence-corrected chi connectivity index (χ1v) is 8.09. The Morgan fingerprint density at radius 3 is 2.57 bits per heavy atom. The van der Waals surface area contributed by atoms with E-state index >= 15 is 0 Å². The normalized spacial score (nSPS) is 23.5. The molecule has 21 heavy (non-hydrogen) atoms. The molecule has 0 aliphatic heterocycles. The zero-order chi connectivity index (χ0) is 15.5. The highest BCUT2D eigenvalue weighted by molar-refractivity contribution is 5.43. The number of hydrogen-bond donors (Lipinski definition) is 1. The van der Waals surface area contributed by atoms with E-state index < -0.39 is 0 Å². The Labute approximate surface area is 129 Å². The van der Waals surface area contributed by atoms with Crippen LogP contribution in [0, 0.1) is 5.41 Å². The third-order valence-corrected chi connectivity index (χ3v) is 4.72. The molecular formula is C18H29NO2. The summed E-state index contributed by atoms with van der Waals surface area (Å²) in [6.07, 6.45) is 3.48. The summed E-state index contributed by atoms with van der Waals surface area (Å²) < 4.78 is 11.7. The second kappa shape index (κ2) is 6.69. The molecule has 1 aromatic rings. The summed E-state index contributed by atoms with van der Waals surface area (Å²) in [6, 6.07) is 6.79. The van der Waals surface area contributed by atoms with Crippen LogP contribution in [-0.2, 0) is 6.42 Å². The van der Waals surface area contributed by atoms with Gasteiger partial charge in [-0.2, -0.15) is 0 Å². The molecule has 2 atom stereocenters. The molecule has 1 aliphatic rings. The lowest BCUT2D eigenvalue weighted by atomic mass is 9.64. The fourth-order valence-corrected chi connectivity index (χ4v) is 2.93. The minimum absolute atomic E-state index is 0.156. The van der Waals surface area contributed by atoms with Gasteiger partial charge in [-0.1, -0.05) is 33.8 Å². The van der Waals surface area contributed by atoms with Crippen molar-refractivity contribution in [3.8, 4) is 11.5 Å². The molecule has 118 valence electrons.